The second-order valence-electron chi connectivity index (χ2n) is 15.4. The molecule has 6 nitrogen and oxygen atoms in total. The van der Waals surface area contributed by atoms with Crippen molar-refractivity contribution in [2.24, 2.45) is 29.1 Å². The van der Waals surface area contributed by atoms with E-state index in [1.165, 1.54) is 0 Å². The number of hydrogen-bond acceptors (Lipinski definition) is 4. The number of piperidine rings is 2. The van der Waals surface area contributed by atoms with Gasteiger partial charge in [0.05, 0.1) is 5.41 Å². The van der Waals surface area contributed by atoms with Crippen molar-refractivity contribution < 1.29 is 19.8 Å². The van der Waals surface area contributed by atoms with Crippen LogP contribution in [0, 0.1) is 29.1 Å². The first-order chi connectivity index (χ1) is 19.4. The van der Waals surface area contributed by atoms with E-state index in [1.54, 1.807) is 0 Å². The second kappa shape index (κ2) is 13.9. The van der Waals surface area contributed by atoms with E-state index in [4.69, 9.17) is 5.11 Å². The molecule has 0 aromatic carbocycles. The van der Waals surface area contributed by atoms with Crippen molar-refractivity contribution in [3.05, 3.63) is 0 Å². The van der Waals surface area contributed by atoms with Gasteiger partial charge in [-0.1, -0.05) is 67.2 Å². The van der Waals surface area contributed by atoms with Gasteiger partial charge in [0, 0.05) is 28.6 Å². The predicted octanol–water partition coefficient (Wildman–Crippen LogP) is 8.72. The zero-order chi connectivity index (χ0) is 32.3. The van der Waals surface area contributed by atoms with Gasteiger partial charge in [0.2, 0.25) is 0 Å². The van der Waals surface area contributed by atoms with E-state index in [0.717, 1.165) is 64.2 Å². The molecule has 2 aliphatic heterocycles. The Labute approximate surface area is 259 Å². The zero-order valence-electron chi connectivity index (χ0n) is 29.6. The van der Waals surface area contributed by atoms with Gasteiger partial charge >= 0.3 is 11.9 Å². The van der Waals surface area contributed by atoms with Crippen LogP contribution < -0.4 is 0 Å². The van der Waals surface area contributed by atoms with Crippen molar-refractivity contribution in [1.29, 1.82) is 0 Å². The fourth-order valence-corrected chi connectivity index (χ4v) is 9.72. The Balaban J connectivity index is 2.71. The van der Waals surface area contributed by atoms with Gasteiger partial charge < -0.3 is 10.2 Å². The molecule has 8 atom stereocenters. The highest BCUT2D eigenvalue weighted by Gasteiger charge is 2.65. The van der Waals surface area contributed by atoms with E-state index < -0.39 is 17.4 Å². The number of aliphatic carboxylic acids is 2. The Morgan fingerprint density at radius 1 is 0.690 bits per heavy atom. The first kappa shape index (κ1) is 37.0. The lowest BCUT2D eigenvalue weighted by Crippen LogP contribution is -2.71. The first-order valence-electron chi connectivity index (χ1n) is 17.3. The Bertz CT molecular complexity index is 874. The van der Waals surface area contributed by atoms with Crippen LogP contribution in [0.15, 0.2) is 0 Å². The van der Waals surface area contributed by atoms with E-state index in [0.29, 0.717) is 12.8 Å². The molecule has 2 rings (SSSR count). The monoisotopic (exact) mass is 593 g/mol. The maximum absolute atomic E-state index is 14.2. The van der Waals surface area contributed by atoms with Crippen molar-refractivity contribution >= 4 is 11.9 Å². The van der Waals surface area contributed by atoms with Gasteiger partial charge in [0.1, 0.15) is 0 Å². The number of nitrogens with zero attached hydrogens (tertiary/aromatic N) is 2. The van der Waals surface area contributed by atoms with E-state index >= 15 is 0 Å². The summed E-state index contributed by atoms with van der Waals surface area (Å²) in [7, 11) is 4.56. The topological polar surface area (TPSA) is 81.1 Å². The third-order valence-corrected chi connectivity index (χ3v) is 14.3. The van der Waals surface area contributed by atoms with Gasteiger partial charge in [0.15, 0.2) is 0 Å². The van der Waals surface area contributed by atoms with Crippen LogP contribution in [0.1, 0.15) is 153 Å². The van der Waals surface area contributed by atoms with Crippen molar-refractivity contribution in [3.63, 3.8) is 0 Å². The number of carbonyl (C=O) groups is 2. The van der Waals surface area contributed by atoms with Crippen molar-refractivity contribution in [3.8, 4) is 0 Å². The lowest BCUT2D eigenvalue weighted by molar-refractivity contribution is -0.201. The largest absolute Gasteiger partial charge is 0.481 e. The molecule has 0 radical (unpaired) electrons. The Morgan fingerprint density at radius 3 is 1.40 bits per heavy atom. The summed E-state index contributed by atoms with van der Waals surface area (Å²) in [5, 5.41) is 20.7. The molecule has 8 unspecified atom stereocenters. The lowest BCUT2D eigenvalue weighted by atomic mass is 9.46. The smallest absolute Gasteiger partial charge is 0.310 e. The number of carboxylic acids is 2. The molecular formula is C36H68N2O4. The molecular weight excluding hydrogens is 524 g/mol. The first-order valence-corrected chi connectivity index (χ1v) is 17.3. The minimum atomic E-state index is -0.817. The van der Waals surface area contributed by atoms with Crippen LogP contribution in [-0.4, -0.2) is 68.2 Å². The number of carboxylic acid groups (broad SMARTS) is 2. The highest BCUT2D eigenvalue weighted by molar-refractivity contribution is 5.76. The van der Waals surface area contributed by atoms with E-state index in [-0.39, 0.29) is 52.2 Å². The summed E-state index contributed by atoms with van der Waals surface area (Å²) in [6.07, 6.45) is 11.2. The van der Waals surface area contributed by atoms with Crippen LogP contribution in [0.3, 0.4) is 0 Å². The Kier molecular flexibility index (Phi) is 12.2. The summed E-state index contributed by atoms with van der Waals surface area (Å²) < 4.78 is 0. The zero-order valence-corrected chi connectivity index (χ0v) is 29.6. The maximum atomic E-state index is 14.2. The van der Waals surface area contributed by atoms with Gasteiger partial charge in [-0.3, -0.25) is 19.4 Å². The average molecular weight is 593 g/mol. The summed E-state index contributed by atoms with van der Waals surface area (Å²) in [5.74, 6) is -0.677. The summed E-state index contributed by atoms with van der Waals surface area (Å²) in [6, 6.07) is 0. The summed E-state index contributed by atoms with van der Waals surface area (Å²) >= 11 is 0. The third kappa shape index (κ3) is 6.32. The maximum Gasteiger partial charge on any atom is 0.310 e. The summed E-state index contributed by atoms with van der Waals surface area (Å²) in [4.78, 5) is 30.4. The van der Waals surface area contributed by atoms with E-state index in [9.17, 15) is 14.7 Å². The fourth-order valence-electron chi connectivity index (χ4n) is 9.72. The summed E-state index contributed by atoms with van der Waals surface area (Å²) in [6.45, 7) is 23.4. The molecule has 6 heteroatoms. The Hall–Kier alpha value is -1.14. The lowest BCUT2D eigenvalue weighted by Gasteiger charge is -2.67. The van der Waals surface area contributed by atoms with Crippen molar-refractivity contribution in [2.75, 3.05) is 14.1 Å². The SMILES string of the molecule is CCC1(C)CC(C(CCCCCCCC(=O)O)(C(=O)O)C2CC(C)(CC)N(C)C(C)(CC)C2C)C(C)C(C)(CC)N1C. The van der Waals surface area contributed by atoms with Crippen LogP contribution in [0.2, 0.25) is 0 Å². The third-order valence-electron chi connectivity index (χ3n) is 14.3. The predicted molar refractivity (Wildman–Crippen MR) is 175 cm³/mol. The van der Waals surface area contributed by atoms with Crippen LogP contribution in [0.25, 0.3) is 0 Å². The molecule has 0 aliphatic carbocycles. The van der Waals surface area contributed by atoms with Crippen LogP contribution in [-0.2, 0) is 9.59 Å². The van der Waals surface area contributed by atoms with Crippen LogP contribution in [0.4, 0.5) is 0 Å². The van der Waals surface area contributed by atoms with Gasteiger partial charge in [-0.25, -0.2) is 0 Å². The molecule has 2 saturated heterocycles. The quantitative estimate of drug-likeness (QED) is 0.185. The molecule has 42 heavy (non-hydrogen) atoms. The molecule has 0 aromatic rings. The number of unbranched alkanes of at least 4 members (excludes halogenated alkanes) is 4. The number of likely N-dealkylation sites (tertiary alicyclic amines) is 2. The van der Waals surface area contributed by atoms with Crippen molar-refractivity contribution in [1.82, 2.24) is 9.80 Å². The normalized spacial score (nSPS) is 39.6. The molecule has 0 spiro atoms. The van der Waals surface area contributed by atoms with Crippen molar-refractivity contribution in [2.45, 2.75) is 175 Å². The molecule has 0 aromatic heterocycles. The molecule has 246 valence electrons. The number of hydrogen-bond donors (Lipinski definition) is 2. The van der Waals surface area contributed by atoms with E-state index in [1.807, 2.05) is 0 Å². The standard InChI is InChI=1S/C36H68N2O4/c1-13-32(7)24-28(26(5)34(9,15-3)37(32)11)36(31(41)42,23-21-19-17-18-20-22-30(39)40)29-25-33(8,14-2)38(12)35(10,16-4)27(29)6/h26-29H,13-25H2,1-12H3,(H,39,40)(H,41,42). The average Bonchev–Trinajstić information content (AvgIpc) is 2.96. The van der Waals surface area contributed by atoms with Gasteiger partial charge in [-0.05, 0) is 117 Å². The highest BCUT2D eigenvalue weighted by atomic mass is 16.4. The summed E-state index contributed by atoms with van der Waals surface area (Å²) in [5.41, 5.74) is -1.10. The molecule has 2 fully saturated rings. The van der Waals surface area contributed by atoms with E-state index in [2.05, 4.69) is 93.1 Å². The van der Waals surface area contributed by atoms with Gasteiger partial charge in [-0.15, -0.1) is 0 Å². The number of rotatable bonds is 15. The molecule has 0 saturated carbocycles. The Morgan fingerprint density at radius 2 is 1.07 bits per heavy atom. The minimum Gasteiger partial charge on any atom is -0.481 e. The second-order valence-corrected chi connectivity index (χ2v) is 15.4. The molecule has 0 amide bonds. The molecule has 2 aliphatic rings. The highest BCUT2D eigenvalue weighted by Crippen LogP contribution is 2.62. The van der Waals surface area contributed by atoms with Crippen LogP contribution >= 0.6 is 0 Å². The van der Waals surface area contributed by atoms with Gasteiger partial charge in [0.25, 0.3) is 0 Å². The molecule has 2 heterocycles. The fraction of sp³-hybridized carbons (Fsp3) is 0.944. The molecule has 2 N–H and O–H groups in total. The minimum absolute atomic E-state index is 0.0592. The van der Waals surface area contributed by atoms with Crippen LogP contribution in [0.5, 0.6) is 0 Å². The molecule has 0 bridgehead atoms. The van der Waals surface area contributed by atoms with Gasteiger partial charge in [-0.2, -0.15) is 0 Å².